The lowest BCUT2D eigenvalue weighted by Crippen LogP contribution is -2.32. The Morgan fingerprint density at radius 2 is 1.94 bits per heavy atom. The second-order valence-electron chi connectivity index (χ2n) is 3.91. The average Bonchev–Trinajstić information content (AvgIpc) is 2.26. The summed E-state index contributed by atoms with van der Waals surface area (Å²) < 4.78 is 22.5. The maximum absolute atomic E-state index is 11.3. The van der Waals surface area contributed by atoms with Crippen molar-refractivity contribution in [3.8, 4) is 0 Å². The number of aromatic nitrogens is 2. The molecule has 1 N–H and O–H groups in total. The van der Waals surface area contributed by atoms with Gasteiger partial charge in [0.2, 0.25) is 5.28 Å². The fourth-order valence-corrected chi connectivity index (χ4v) is 3.44. The van der Waals surface area contributed by atoms with Crippen LogP contribution in [0.25, 0.3) is 0 Å². The molecule has 1 aliphatic heterocycles. The molecular weight excluding hydrogens is 285 g/mol. The van der Waals surface area contributed by atoms with Gasteiger partial charge in [0.1, 0.15) is 20.7 Å². The number of anilines is 1. The second kappa shape index (κ2) is 4.96. The zero-order chi connectivity index (χ0) is 12.5. The Morgan fingerprint density at radius 1 is 1.29 bits per heavy atom. The molecule has 0 bridgehead atoms. The SMILES string of the molecule is O=S1(=O)CCC(Nc2nc(Cl)ncc2Cl)CC1. The first-order chi connectivity index (χ1) is 7.96. The van der Waals surface area contributed by atoms with Gasteiger partial charge in [0.25, 0.3) is 0 Å². The normalized spacial score (nSPS) is 20.1. The third kappa shape index (κ3) is 3.43. The minimum absolute atomic E-state index is 0.0574. The molecule has 1 saturated heterocycles. The van der Waals surface area contributed by atoms with Crippen LogP contribution in [0.15, 0.2) is 6.20 Å². The Morgan fingerprint density at radius 3 is 2.59 bits per heavy atom. The number of rotatable bonds is 2. The van der Waals surface area contributed by atoms with Crippen molar-refractivity contribution in [1.82, 2.24) is 9.97 Å². The third-order valence-electron chi connectivity index (χ3n) is 2.61. The van der Waals surface area contributed by atoms with Gasteiger partial charge < -0.3 is 5.32 Å². The van der Waals surface area contributed by atoms with Crippen LogP contribution in [0, 0.1) is 0 Å². The quantitative estimate of drug-likeness (QED) is 0.842. The number of sulfone groups is 1. The Balaban J connectivity index is 2.05. The highest BCUT2D eigenvalue weighted by Gasteiger charge is 2.24. The molecule has 0 saturated carbocycles. The van der Waals surface area contributed by atoms with Crippen molar-refractivity contribution >= 4 is 38.9 Å². The number of nitrogens with one attached hydrogen (secondary N) is 1. The Labute approximate surface area is 109 Å². The summed E-state index contributed by atoms with van der Waals surface area (Å²) in [5.74, 6) is 0.846. The van der Waals surface area contributed by atoms with E-state index in [4.69, 9.17) is 23.2 Å². The van der Waals surface area contributed by atoms with Gasteiger partial charge in [-0.3, -0.25) is 0 Å². The van der Waals surface area contributed by atoms with Gasteiger partial charge in [-0.05, 0) is 24.4 Å². The van der Waals surface area contributed by atoms with E-state index < -0.39 is 9.84 Å². The van der Waals surface area contributed by atoms with E-state index in [2.05, 4.69) is 15.3 Å². The molecule has 0 radical (unpaired) electrons. The van der Waals surface area contributed by atoms with Gasteiger partial charge in [0, 0.05) is 6.04 Å². The highest BCUT2D eigenvalue weighted by atomic mass is 35.5. The molecule has 0 atom stereocenters. The molecular formula is C9H11Cl2N3O2S. The lowest BCUT2D eigenvalue weighted by Gasteiger charge is -2.23. The Kier molecular flexibility index (Phi) is 3.75. The largest absolute Gasteiger partial charge is 0.366 e. The smallest absolute Gasteiger partial charge is 0.224 e. The number of hydrogen-bond acceptors (Lipinski definition) is 5. The minimum atomic E-state index is -2.86. The van der Waals surface area contributed by atoms with Gasteiger partial charge in [-0.1, -0.05) is 11.6 Å². The summed E-state index contributed by atoms with van der Waals surface area (Å²) in [4.78, 5) is 7.71. The number of nitrogens with zero attached hydrogens (tertiary/aromatic N) is 2. The molecule has 94 valence electrons. The molecule has 0 amide bonds. The van der Waals surface area contributed by atoms with Gasteiger partial charge in [-0.2, -0.15) is 4.98 Å². The average molecular weight is 296 g/mol. The van der Waals surface area contributed by atoms with Crippen LogP contribution in [0.4, 0.5) is 5.82 Å². The molecule has 1 aromatic heterocycles. The molecule has 2 rings (SSSR count). The lowest BCUT2D eigenvalue weighted by atomic mass is 10.1. The first-order valence-electron chi connectivity index (χ1n) is 5.11. The van der Waals surface area contributed by atoms with E-state index in [1.54, 1.807) is 0 Å². The van der Waals surface area contributed by atoms with E-state index in [0.717, 1.165) is 0 Å². The zero-order valence-electron chi connectivity index (χ0n) is 8.86. The maximum atomic E-state index is 11.3. The molecule has 0 aliphatic carbocycles. The molecule has 8 heteroatoms. The van der Waals surface area contributed by atoms with E-state index in [-0.39, 0.29) is 22.8 Å². The highest BCUT2D eigenvalue weighted by Crippen LogP contribution is 2.23. The second-order valence-corrected chi connectivity index (χ2v) is 6.95. The molecule has 2 heterocycles. The van der Waals surface area contributed by atoms with Gasteiger partial charge in [0.15, 0.2) is 0 Å². The fraction of sp³-hybridized carbons (Fsp3) is 0.556. The van der Waals surface area contributed by atoms with Crippen LogP contribution in [0.5, 0.6) is 0 Å². The van der Waals surface area contributed by atoms with Crippen LogP contribution < -0.4 is 5.32 Å². The van der Waals surface area contributed by atoms with Crippen molar-refractivity contribution in [3.05, 3.63) is 16.5 Å². The summed E-state index contributed by atoms with van der Waals surface area (Å²) in [6.45, 7) is 0. The number of halogens is 2. The summed E-state index contributed by atoms with van der Waals surface area (Å²) in [6.07, 6.45) is 2.53. The fourth-order valence-electron chi connectivity index (χ4n) is 1.67. The molecule has 17 heavy (non-hydrogen) atoms. The molecule has 0 spiro atoms. The summed E-state index contributed by atoms with van der Waals surface area (Å²) in [6, 6.07) is 0.0574. The van der Waals surface area contributed by atoms with Crippen LogP contribution in [0.1, 0.15) is 12.8 Å². The molecule has 5 nitrogen and oxygen atoms in total. The van der Waals surface area contributed by atoms with Crippen molar-refractivity contribution in [1.29, 1.82) is 0 Å². The van der Waals surface area contributed by atoms with Crippen LogP contribution in [-0.4, -0.2) is 35.9 Å². The zero-order valence-corrected chi connectivity index (χ0v) is 11.2. The standard InChI is InChI=1S/C9H11Cl2N3O2S/c10-7-5-12-9(11)14-8(7)13-6-1-3-17(15,16)4-2-6/h5-6H,1-4H2,(H,12,13,14). The molecule has 1 aromatic rings. The monoisotopic (exact) mass is 295 g/mol. The molecule has 0 aromatic carbocycles. The lowest BCUT2D eigenvalue weighted by molar-refractivity contribution is 0.559. The summed E-state index contributed by atoms with van der Waals surface area (Å²) in [5.41, 5.74) is 0. The minimum Gasteiger partial charge on any atom is -0.366 e. The molecule has 1 aliphatic rings. The van der Waals surface area contributed by atoms with Gasteiger partial charge >= 0.3 is 0 Å². The third-order valence-corrected chi connectivity index (χ3v) is 4.78. The topological polar surface area (TPSA) is 72.0 Å². The summed E-state index contributed by atoms with van der Waals surface area (Å²) in [5, 5.41) is 3.58. The van der Waals surface area contributed by atoms with E-state index in [1.165, 1.54) is 6.20 Å². The van der Waals surface area contributed by atoms with Gasteiger partial charge in [-0.25, -0.2) is 13.4 Å². The van der Waals surface area contributed by atoms with E-state index in [9.17, 15) is 8.42 Å². The predicted molar refractivity (Wildman–Crippen MR) is 67.4 cm³/mol. The van der Waals surface area contributed by atoms with Crippen LogP contribution >= 0.6 is 23.2 Å². The van der Waals surface area contributed by atoms with Crippen molar-refractivity contribution in [2.45, 2.75) is 18.9 Å². The summed E-state index contributed by atoms with van der Waals surface area (Å²) in [7, 11) is -2.86. The van der Waals surface area contributed by atoms with E-state index >= 15 is 0 Å². The number of hydrogen-bond donors (Lipinski definition) is 1. The molecule has 0 unspecified atom stereocenters. The van der Waals surface area contributed by atoms with Crippen LogP contribution in [-0.2, 0) is 9.84 Å². The summed E-state index contributed by atoms with van der Waals surface area (Å²) >= 11 is 11.6. The van der Waals surface area contributed by atoms with E-state index in [0.29, 0.717) is 23.7 Å². The van der Waals surface area contributed by atoms with Gasteiger partial charge in [0.05, 0.1) is 17.7 Å². The van der Waals surface area contributed by atoms with Crippen LogP contribution in [0.2, 0.25) is 10.3 Å². The first-order valence-corrected chi connectivity index (χ1v) is 7.69. The van der Waals surface area contributed by atoms with Crippen molar-refractivity contribution in [2.75, 3.05) is 16.8 Å². The maximum Gasteiger partial charge on any atom is 0.224 e. The first kappa shape index (κ1) is 12.9. The van der Waals surface area contributed by atoms with Crippen molar-refractivity contribution in [2.24, 2.45) is 0 Å². The van der Waals surface area contributed by atoms with Crippen molar-refractivity contribution in [3.63, 3.8) is 0 Å². The van der Waals surface area contributed by atoms with Crippen LogP contribution in [0.3, 0.4) is 0 Å². The van der Waals surface area contributed by atoms with Crippen molar-refractivity contribution < 1.29 is 8.42 Å². The van der Waals surface area contributed by atoms with E-state index in [1.807, 2.05) is 0 Å². The van der Waals surface area contributed by atoms with Gasteiger partial charge in [-0.15, -0.1) is 0 Å². The molecule has 1 fully saturated rings. The Bertz CT molecular complexity index is 507. The Hall–Kier alpha value is -0.590. The predicted octanol–water partition coefficient (Wildman–Crippen LogP) is 1.77. The highest BCUT2D eigenvalue weighted by molar-refractivity contribution is 7.91.